The van der Waals surface area contributed by atoms with Gasteiger partial charge in [0.2, 0.25) is 0 Å². The molecule has 2 aliphatic heterocycles. The lowest BCUT2D eigenvalue weighted by Crippen LogP contribution is -2.34. The number of H-pyrrole nitrogens is 1. The third-order valence-corrected chi connectivity index (χ3v) is 7.40. The van der Waals surface area contributed by atoms with Crippen LogP contribution in [0.4, 0.5) is 0 Å². The Kier molecular flexibility index (Phi) is 5.78. The normalized spacial score (nSPS) is 20.3. The summed E-state index contributed by atoms with van der Waals surface area (Å²) in [5.74, 6) is 0.626. The summed E-state index contributed by atoms with van der Waals surface area (Å²) in [6.07, 6.45) is 2.55. The Labute approximate surface area is 190 Å². The highest BCUT2D eigenvalue weighted by atomic mass is 16.3. The Morgan fingerprint density at radius 3 is 2.41 bits per heavy atom. The number of aromatic amines is 1. The molecule has 1 amide bonds. The Bertz CT molecular complexity index is 1110. The monoisotopic (exact) mass is 431 g/mol. The average molecular weight is 432 g/mol. The Balaban J connectivity index is 1.36. The van der Waals surface area contributed by atoms with Crippen molar-refractivity contribution in [2.75, 3.05) is 26.2 Å². The molecule has 2 aromatic carbocycles. The fourth-order valence-corrected chi connectivity index (χ4v) is 5.71. The van der Waals surface area contributed by atoms with Crippen molar-refractivity contribution in [3.05, 3.63) is 70.4 Å². The molecule has 168 valence electrons. The maximum Gasteiger partial charge on any atom is 0.270 e. The first kappa shape index (κ1) is 21.2. The molecule has 0 unspecified atom stereocenters. The highest BCUT2D eigenvalue weighted by Gasteiger charge is 2.30. The highest BCUT2D eigenvalue weighted by molar-refractivity contribution is 6.01. The molecule has 5 heteroatoms. The number of amides is 1. The van der Waals surface area contributed by atoms with Gasteiger partial charge in [0.25, 0.3) is 5.91 Å². The number of nitrogens with one attached hydrogen (secondary N) is 1. The SMILES string of the molecule is Cc1cccc(C)c1C1CCN(Cc2c(C(=O)N3CC[C@@H](O)C3)[nH]c3ccccc23)CC1. The number of aliphatic hydroxyl groups excluding tert-OH is 1. The number of carbonyl (C=O) groups excluding carboxylic acids is 1. The van der Waals surface area contributed by atoms with E-state index >= 15 is 0 Å². The number of carbonyl (C=O) groups is 1. The minimum Gasteiger partial charge on any atom is -0.391 e. The maximum absolute atomic E-state index is 13.3. The molecule has 1 atom stereocenters. The summed E-state index contributed by atoms with van der Waals surface area (Å²) in [7, 11) is 0. The third kappa shape index (κ3) is 3.96. The second-order valence-corrected chi connectivity index (χ2v) is 9.57. The van der Waals surface area contributed by atoms with Crippen molar-refractivity contribution in [3.63, 3.8) is 0 Å². The predicted octanol–water partition coefficient (Wildman–Crippen LogP) is 4.37. The topological polar surface area (TPSA) is 59.6 Å². The second-order valence-electron chi connectivity index (χ2n) is 9.57. The number of benzene rings is 2. The molecule has 1 aromatic heterocycles. The van der Waals surface area contributed by atoms with Gasteiger partial charge in [0.05, 0.1) is 6.10 Å². The number of nitrogens with zero attached hydrogens (tertiary/aromatic N) is 2. The van der Waals surface area contributed by atoms with Crippen LogP contribution in [0.3, 0.4) is 0 Å². The van der Waals surface area contributed by atoms with Crippen LogP contribution in [-0.4, -0.2) is 58.1 Å². The van der Waals surface area contributed by atoms with E-state index in [2.05, 4.69) is 48.0 Å². The molecule has 0 spiro atoms. The summed E-state index contributed by atoms with van der Waals surface area (Å²) in [5.41, 5.74) is 7.13. The molecular formula is C27H33N3O2. The van der Waals surface area contributed by atoms with Crippen molar-refractivity contribution in [1.29, 1.82) is 0 Å². The fourth-order valence-electron chi connectivity index (χ4n) is 5.71. The molecule has 0 bridgehead atoms. The van der Waals surface area contributed by atoms with Gasteiger partial charge in [-0.3, -0.25) is 9.69 Å². The van der Waals surface area contributed by atoms with Crippen molar-refractivity contribution in [2.45, 2.75) is 51.7 Å². The largest absolute Gasteiger partial charge is 0.391 e. The first-order valence-electron chi connectivity index (χ1n) is 11.9. The molecule has 0 radical (unpaired) electrons. The van der Waals surface area contributed by atoms with Crippen molar-refractivity contribution >= 4 is 16.8 Å². The van der Waals surface area contributed by atoms with Gasteiger partial charge in [-0.25, -0.2) is 0 Å². The number of rotatable bonds is 4. The predicted molar refractivity (Wildman–Crippen MR) is 128 cm³/mol. The summed E-state index contributed by atoms with van der Waals surface area (Å²) in [6.45, 7) is 8.36. The number of para-hydroxylation sites is 1. The molecule has 5 rings (SSSR count). The summed E-state index contributed by atoms with van der Waals surface area (Å²) < 4.78 is 0. The summed E-state index contributed by atoms with van der Waals surface area (Å²) in [6, 6.07) is 14.8. The standard InChI is InChI=1S/C27H33N3O2/c1-18-6-5-7-19(2)25(18)20-10-13-29(14-11-20)17-23-22-8-3-4-9-24(22)28-26(23)27(32)30-15-12-21(31)16-30/h3-9,20-21,28,31H,10-17H2,1-2H3/t21-/m1/s1. The minimum atomic E-state index is -0.407. The maximum atomic E-state index is 13.3. The lowest BCUT2D eigenvalue weighted by molar-refractivity contribution is 0.0757. The molecule has 3 heterocycles. The molecule has 5 nitrogen and oxygen atoms in total. The molecule has 2 N–H and O–H groups in total. The van der Waals surface area contributed by atoms with Crippen molar-refractivity contribution < 1.29 is 9.90 Å². The quantitative estimate of drug-likeness (QED) is 0.645. The molecular weight excluding hydrogens is 398 g/mol. The summed E-state index contributed by atoms with van der Waals surface area (Å²) >= 11 is 0. The van der Waals surface area contributed by atoms with E-state index in [9.17, 15) is 9.90 Å². The van der Waals surface area contributed by atoms with E-state index in [1.807, 2.05) is 18.2 Å². The number of β-amino-alcohol motifs (C(OH)–C–C–N with tert-alkyl or cyclic N) is 1. The number of piperidine rings is 1. The Morgan fingerprint density at radius 1 is 1.00 bits per heavy atom. The Morgan fingerprint density at radius 2 is 1.72 bits per heavy atom. The number of hydrogen-bond donors (Lipinski definition) is 2. The average Bonchev–Trinajstić information content (AvgIpc) is 3.38. The van der Waals surface area contributed by atoms with Crippen LogP contribution in [0.2, 0.25) is 0 Å². The zero-order valence-corrected chi connectivity index (χ0v) is 19.1. The molecule has 2 fully saturated rings. The van der Waals surface area contributed by atoms with Crippen LogP contribution < -0.4 is 0 Å². The number of hydrogen-bond acceptors (Lipinski definition) is 3. The van der Waals surface area contributed by atoms with Gasteiger partial charge in [0.1, 0.15) is 5.69 Å². The van der Waals surface area contributed by atoms with E-state index in [1.165, 1.54) is 16.7 Å². The molecule has 3 aromatic rings. The van der Waals surface area contributed by atoms with Gasteiger partial charge >= 0.3 is 0 Å². The number of fused-ring (bicyclic) bond motifs is 1. The van der Waals surface area contributed by atoms with Gasteiger partial charge in [-0.2, -0.15) is 0 Å². The van der Waals surface area contributed by atoms with E-state index in [1.54, 1.807) is 4.90 Å². The second kappa shape index (κ2) is 8.72. The fraction of sp³-hybridized carbons (Fsp3) is 0.444. The molecule has 32 heavy (non-hydrogen) atoms. The van der Waals surface area contributed by atoms with Crippen LogP contribution in [0.1, 0.15) is 57.9 Å². The third-order valence-electron chi connectivity index (χ3n) is 7.40. The van der Waals surface area contributed by atoms with Crippen molar-refractivity contribution in [2.24, 2.45) is 0 Å². The Hall–Kier alpha value is -2.63. The van der Waals surface area contributed by atoms with Gasteiger partial charge in [0.15, 0.2) is 0 Å². The first-order chi connectivity index (χ1) is 15.5. The van der Waals surface area contributed by atoms with E-state index in [4.69, 9.17) is 0 Å². The molecule has 2 aliphatic rings. The van der Waals surface area contributed by atoms with Crippen LogP contribution in [0, 0.1) is 13.8 Å². The van der Waals surface area contributed by atoms with Gasteiger partial charge in [-0.05, 0) is 74.9 Å². The van der Waals surface area contributed by atoms with Crippen LogP contribution in [0.5, 0.6) is 0 Å². The van der Waals surface area contributed by atoms with Crippen LogP contribution >= 0.6 is 0 Å². The number of likely N-dealkylation sites (tertiary alicyclic amines) is 2. The zero-order valence-electron chi connectivity index (χ0n) is 19.1. The summed E-state index contributed by atoms with van der Waals surface area (Å²) in [4.78, 5) is 21.0. The van der Waals surface area contributed by atoms with E-state index in [-0.39, 0.29) is 5.91 Å². The zero-order chi connectivity index (χ0) is 22.2. The summed E-state index contributed by atoms with van der Waals surface area (Å²) in [5, 5.41) is 11.0. The smallest absolute Gasteiger partial charge is 0.270 e. The van der Waals surface area contributed by atoms with Gasteiger partial charge < -0.3 is 15.0 Å². The van der Waals surface area contributed by atoms with Gasteiger partial charge in [-0.15, -0.1) is 0 Å². The molecule has 0 saturated carbocycles. The first-order valence-corrected chi connectivity index (χ1v) is 11.9. The van der Waals surface area contributed by atoms with Crippen molar-refractivity contribution in [1.82, 2.24) is 14.8 Å². The lowest BCUT2D eigenvalue weighted by atomic mass is 9.84. The lowest BCUT2D eigenvalue weighted by Gasteiger charge is -2.33. The molecule has 2 saturated heterocycles. The molecule has 0 aliphatic carbocycles. The van der Waals surface area contributed by atoms with Crippen molar-refractivity contribution in [3.8, 4) is 0 Å². The minimum absolute atomic E-state index is 0.0122. The number of aryl methyl sites for hydroxylation is 2. The van der Waals surface area contributed by atoms with Gasteiger partial charge in [0, 0.05) is 36.1 Å². The highest BCUT2D eigenvalue weighted by Crippen LogP contribution is 2.34. The number of aromatic nitrogens is 1. The van der Waals surface area contributed by atoms with E-state index < -0.39 is 6.10 Å². The van der Waals surface area contributed by atoms with Crippen LogP contribution in [0.15, 0.2) is 42.5 Å². The van der Waals surface area contributed by atoms with E-state index in [0.717, 1.165) is 48.9 Å². The van der Waals surface area contributed by atoms with Gasteiger partial charge in [-0.1, -0.05) is 36.4 Å². The van der Waals surface area contributed by atoms with E-state index in [0.29, 0.717) is 31.1 Å². The van der Waals surface area contributed by atoms with Crippen LogP contribution in [-0.2, 0) is 6.54 Å². The van der Waals surface area contributed by atoms with Crippen LogP contribution in [0.25, 0.3) is 10.9 Å². The number of aliphatic hydroxyl groups is 1.